The van der Waals surface area contributed by atoms with Gasteiger partial charge in [-0.2, -0.15) is 5.10 Å². The van der Waals surface area contributed by atoms with E-state index in [2.05, 4.69) is 5.10 Å². The summed E-state index contributed by atoms with van der Waals surface area (Å²) >= 11 is 0. The van der Waals surface area contributed by atoms with E-state index < -0.39 is 12.6 Å². The highest BCUT2D eigenvalue weighted by Crippen LogP contribution is 2.19. The highest BCUT2D eigenvalue weighted by molar-refractivity contribution is 6.04. The van der Waals surface area contributed by atoms with Gasteiger partial charge >= 0.3 is 5.97 Å². The lowest BCUT2D eigenvalue weighted by Gasteiger charge is -2.09. The maximum absolute atomic E-state index is 12.8. The summed E-state index contributed by atoms with van der Waals surface area (Å²) in [6.45, 7) is 3.82. The van der Waals surface area contributed by atoms with Crippen LogP contribution in [-0.2, 0) is 18.3 Å². The van der Waals surface area contributed by atoms with E-state index >= 15 is 0 Å². The van der Waals surface area contributed by atoms with Crippen molar-refractivity contribution in [2.45, 2.75) is 20.4 Å². The minimum absolute atomic E-state index is 0.00575. The number of furan rings is 1. The van der Waals surface area contributed by atoms with Gasteiger partial charge in [0, 0.05) is 29.4 Å². The van der Waals surface area contributed by atoms with Crippen LogP contribution in [0.15, 0.2) is 57.9 Å². The van der Waals surface area contributed by atoms with Gasteiger partial charge in [-0.15, -0.1) is 0 Å². The number of aromatic nitrogens is 3. The van der Waals surface area contributed by atoms with E-state index in [1.54, 1.807) is 36.6 Å². The van der Waals surface area contributed by atoms with Gasteiger partial charge in [-0.3, -0.25) is 9.59 Å². The zero-order valence-corrected chi connectivity index (χ0v) is 17.4. The lowest BCUT2D eigenvalue weighted by molar-refractivity contribution is 0.0468. The molecule has 0 spiro atoms. The van der Waals surface area contributed by atoms with E-state index in [9.17, 15) is 14.4 Å². The second-order valence-corrected chi connectivity index (χ2v) is 7.27. The number of carbonyl (C=O) groups excluding carboxylic acids is 2. The number of ether oxygens (including phenoxy) is 1. The number of fused-ring (bicyclic) bond motifs is 1. The van der Waals surface area contributed by atoms with Gasteiger partial charge in [-0.1, -0.05) is 18.2 Å². The van der Waals surface area contributed by atoms with Crippen molar-refractivity contribution < 1.29 is 18.7 Å². The summed E-state index contributed by atoms with van der Waals surface area (Å²) in [5.74, 6) is -0.300. The molecule has 0 atom stereocenters. The van der Waals surface area contributed by atoms with Crippen LogP contribution in [0.1, 0.15) is 38.0 Å². The molecule has 0 saturated carbocycles. The monoisotopic (exact) mass is 419 g/mol. The van der Waals surface area contributed by atoms with Crippen LogP contribution in [0, 0.1) is 13.8 Å². The first kappa shape index (κ1) is 20.3. The molecule has 158 valence electrons. The Morgan fingerprint density at radius 2 is 1.84 bits per heavy atom. The van der Waals surface area contributed by atoms with Gasteiger partial charge in [0.1, 0.15) is 5.76 Å². The van der Waals surface area contributed by atoms with Crippen LogP contribution < -0.4 is 5.56 Å². The van der Waals surface area contributed by atoms with E-state index in [1.807, 2.05) is 30.5 Å². The van der Waals surface area contributed by atoms with Gasteiger partial charge in [-0.05, 0) is 38.1 Å². The number of carbonyl (C=O) groups is 2. The van der Waals surface area contributed by atoms with Gasteiger partial charge < -0.3 is 13.7 Å². The molecule has 0 aliphatic carbocycles. The van der Waals surface area contributed by atoms with Crippen LogP contribution >= 0.6 is 0 Å². The average molecular weight is 419 g/mol. The molecule has 0 amide bonds. The molecule has 0 aliphatic rings. The molecule has 0 aliphatic heterocycles. The first-order chi connectivity index (χ1) is 14.9. The maximum Gasteiger partial charge on any atom is 0.359 e. The number of rotatable bonds is 6. The summed E-state index contributed by atoms with van der Waals surface area (Å²) < 4.78 is 13.7. The van der Waals surface area contributed by atoms with Crippen molar-refractivity contribution in [1.29, 1.82) is 0 Å². The number of Topliss-reactive ketones (excluding diaryl/α,β-unsaturated/α-hetero) is 1. The smallest absolute Gasteiger partial charge is 0.359 e. The summed E-state index contributed by atoms with van der Waals surface area (Å²) in [5, 5.41) is 4.78. The lowest BCUT2D eigenvalue weighted by atomic mass is 10.1. The third-order valence-corrected chi connectivity index (χ3v) is 5.25. The van der Waals surface area contributed by atoms with E-state index in [4.69, 9.17) is 9.15 Å². The van der Waals surface area contributed by atoms with Crippen LogP contribution in [0.4, 0.5) is 0 Å². The topological polar surface area (TPSA) is 96.3 Å². The Bertz CT molecular complexity index is 1350. The second-order valence-electron chi connectivity index (χ2n) is 7.27. The molecule has 1 aromatic carbocycles. The molecule has 0 N–H and O–H groups in total. The Morgan fingerprint density at radius 1 is 1.10 bits per heavy atom. The van der Waals surface area contributed by atoms with Gasteiger partial charge in [0.05, 0.1) is 18.2 Å². The number of hydrogen-bond acceptors (Lipinski definition) is 6. The van der Waals surface area contributed by atoms with Crippen LogP contribution in [0.2, 0.25) is 0 Å². The molecule has 4 aromatic rings. The summed E-state index contributed by atoms with van der Waals surface area (Å²) in [6, 6.07) is 12.1. The first-order valence-corrected chi connectivity index (χ1v) is 9.72. The van der Waals surface area contributed by atoms with Crippen LogP contribution in [0.3, 0.4) is 0 Å². The number of benzene rings is 1. The first-order valence-electron chi connectivity index (χ1n) is 9.72. The SMILES string of the molecule is Cc1cc(C(=O)COC(=O)c2nn(C)c(=O)c3ccccc23)c(C)n1Cc1ccco1. The molecular formula is C23H21N3O5. The van der Waals surface area contributed by atoms with Crippen LogP contribution in [0.25, 0.3) is 10.8 Å². The molecule has 0 saturated heterocycles. The summed E-state index contributed by atoms with van der Waals surface area (Å²) in [4.78, 5) is 37.6. The van der Waals surface area contributed by atoms with E-state index in [0.717, 1.165) is 21.8 Å². The third-order valence-electron chi connectivity index (χ3n) is 5.25. The van der Waals surface area contributed by atoms with Gasteiger partial charge in [0.15, 0.2) is 12.3 Å². The number of hydrogen-bond donors (Lipinski definition) is 0. The molecule has 0 radical (unpaired) electrons. The predicted molar refractivity (Wildman–Crippen MR) is 113 cm³/mol. The fraction of sp³-hybridized carbons (Fsp3) is 0.217. The fourth-order valence-electron chi connectivity index (χ4n) is 3.61. The summed E-state index contributed by atoms with van der Waals surface area (Å²) in [5.41, 5.74) is 1.83. The molecule has 8 heteroatoms. The summed E-state index contributed by atoms with van der Waals surface area (Å²) in [6.07, 6.45) is 1.60. The summed E-state index contributed by atoms with van der Waals surface area (Å²) in [7, 11) is 1.46. The molecule has 3 aromatic heterocycles. The van der Waals surface area contributed by atoms with E-state index in [1.165, 1.54) is 7.05 Å². The van der Waals surface area contributed by atoms with Crippen molar-refractivity contribution in [3.63, 3.8) is 0 Å². The minimum atomic E-state index is -0.760. The van der Waals surface area contributed by atoms with Gasteiger partial charge in [0.25, 0.3) is 5.56 Å². The normalized spacial score (nSPS) is 11.1. The minimum Gasteiger partial charge on any atom is -0.467 e. The number of esters is 1. The Morgan fingerprint density at radius 3 is 2.55 bits per heavy atom. The molecule has 3 heterocycles. The number of nitrogens with zero attached hydrogens (tertiary/aromatic N) is 3. The zero-order chi connectivity index (χ0) is 22.1. The third kappa shape index (κ3) is 3.79. The van der Waals surface area contributed by atoms with Crippen molar-refractivity contribution in [2.24, 2.45) is 7.05 Å². The Balaban J connectivity index is 1.54. The van der Waals surface area contributed by atoms with Crippen molar-refractivity contribution in [2.75, 3.05) is 6.61 Å². The van der Waals surface area contributed by atoms with Crippen LogP contribution in [-0.4, -0.2) is 32.7 Å². The Labute approximate surface area is 177 Å². The second kappa shape index (κ2) is 8.06. The van der Waals surface area contributed by atoms with Crippen molar-refractivity contribution in [1.82, 2.24) is 14.3 Å². The Hall–Kier alpha value is -3.94. The molecule has 4 rings (SSSR count). The Kier molecular flexibility index (Phi) is 5.29. The zero-order valence-electron chi connectivity index (χ0n) is 17.4. The molecule has 0 bridgehead atoms. The molecular weight excluding hydrogens is 398 g/mol. The van der Waals surface area contributed by atoms with Crippen molar-refractivity contribution in [3.8, 4) is 0 Å². The number of ketones is 1. The maximum atomic E-state index is 12.8. The fourth-order valence-corrected chi connectivity index (χ4v) is 3.61. The number of aryl methyl sites for hydroxylation is 2. The average Bonchev–Trinajstić information content (AvgIpc) is 3.38. The largest absolute Gasteiger partial charge is 0.467 e. The van der Waals surface area contributed by atoms with Crippen molar-refractivity contribution in [3.05, 3.63) is 87.5 Å². The van der Waals surface area contributed by atoms with E-state index in [0.29, 0.717) is 22.9 Å². The van der Waals surface area contributed by atoms with E-state index in [-0.39, 0.29) is 17.0 Å². The molecule has 31 heavy (non-hydrogen) atoms. The quantitative estimate of drug-likeness (QED) is 0.352. The highest BCUT2D eigenvalue weighted by atomic mass is 16.5. The highest BCUT2D eigenvalue weighted by Gasteiger charge is 2.21. The van der Waals surface area contributed by atoms with Crippen LogP contribution in [0.5, 0.6) is 0 Å². The predicted octanol–water partition coefficient (Wildman–Crippen LogP) is 3.03. The standard InChI is InChI=1S/C23H21N3O5/c1-14-11-19(15(2)26(14)12-16-7-6-10-30-16)20(27)13-31-23(29)21-17-8-4-5-9-18(17)22(28)25(3)24-21/h4-11H,12-13H2,1-3H3. The van der Waals surface area contributed by atoms with Gasteiger partial charge in [0.2, 0.25) is 5.78 Å². The van der Waals surface area contributed by atoms with Crippen molar-refractivity contribution >= 4 is 22.5 Å². The lowest BCUT2D eigenvalue weighted by Crippen LogP contribution is -2.24. The molecule has 8 nitrogen and oxygen atoms in total. The van der Waals surface area contributed by atoms with Gasteiger partial charge in [-0.25, -0.2) is 9.48 Å². The molecule has 0 unspecified atom stereocenters. The molecule has 0 fully saturated rings.